The highest BCUT2D eigenvalue weighted by molar-refractivity contribution is 5.40. The van der Waals surface area contributed by atoms with Crippen molar-refractivity contribution in [3.05, 3.63) is 23.9 Å². The Hall–Kier alpha value is -1.70. The lowest BCUT2D eigenvalue weighted by molar-refractivity contribution is 0.156. The predicted molar refractivity (Wildman–Crippen MR) is 48.2 cm³/mol. The van der Waals surface area contributed by atoms with Crippen molar-refractivity contribution in [1.82, 2.24) is 4.98 Å². The number of anilines is 1. The highest BCUT2D eigenvalue weighted by Gasteiger charge is 2.08. The zero-order valence-corrected chi connectivity index (χ0v) is 7.61. The third kappa shape index (κ3) is 2.66. The lowest BCUT2D eigenvalue weighted by Gasteiger charge is -2.16. The van der Waals surface area contributed by atoms with E-state index in [0.29, 0.717) is 11.4 Å². The molecule has 1 aromatic rings. The molecule has 0 spiro atoms. The fourth-order valence-corrected chi connectivity index (χ4v) is 0.979. The highest BCUT2D eigenvalue weighted by Crippen LogP contribution is 2.10. The monoisotopic (exact) mass is 197 g/mol. The molecule has 0 aromatic carbocycles. The standard InChI is InChI=1S/C9H9F2N3/c1-14(6-8(10)11)9-3-2-7(4-12)5-13-9/h2-3,5,8H,6H2,1H3. The lowest BCUT2D eigenvalue weighted by atomic mass is 10.3. The summed E-state index contributed by atoms with van der Waals surface area (Å²) in [5, 5.41) is 8.49. The SMILES string of the molecule is CN(CC(F)F)c1ccc(C#N)cn1. The van der Waals surface area contributed by atoms with Crippen LogP contribution < -0.4 is 4.90 Å². The number of pyridine rings is 1. The maximum absolute atomic E-state index is 12.0. The molecule has 14 heavy (non-hydrogen) atoms. The summed E-state index contributed by atoms with van der Waals surface area (Å²) in [5.41, 5.74) is 0.416. The molecule has 0 radical (unpaired) electrons. The van der Waals surface area contributed by atoms with Gasteiger partial charge in [0, 0.05) is 13.2 Å². The number of hydrogen-bond acceptors (Lipinski definition) is 3. The van der Waals surface area contributed by atoms with Crippen LogP contribution in [0.3, 0.4) is 0 Å². The molecule has 0 aliphatic rings. The first-order valence-electron chi connectivity index (χ1n) is 3.99. The van der Waals surface area contributed by atoms with E-state index in [1.807, 2.05) is 6.07 Å². The van der Waals surface area contributed by atoms with Gasteiger partial charge in [-0.3, -0.25) is 0 Å². The molecule has 5 heteroatoms. The minimum Gasteiger partial charge on any atom is -0.354 e. The number of nitrogens with zero attached hydrogens (tertiary/aromatic N) is 3. The topological polar surface area (TPSA) is 39.9 Å². The fourth-order valence-electron chi connectivity index (χ4n) is 0.979. The number of rotatable bonds is 3. The number of nitriles is 1. The Morgan fingerprint density at radius 2 is 2.29 bits per heavy atom. The van der Waals surface area contributed by atoms with Gasteiger partial charge in [-0.1, -0.05) is 0 Å². The van der Waals surface area contributed by atoms with Gasteiger partial charge in [-0.25, -0.2) is 13.8 Å². The molecule has 0 atom stereocenters. The lowest BCUT2D eigenvalue weighted by Crippen LogP contribution is -2.24. The van der Waals surface area contributed by atoms with Crippen LogP contribution in [0.15, 0.2) is 18.3 Å². The molecule has 0 amide bonds. The van der Waals surface area contributed by atoms with Crippen LogP contribution in [0.2, 0.25) is 0 Å². The molecule has 0 N–H and O–H groups in total. The molecular formula is C9H9F2N3. The minimum atomic E-state index is -2.39. The van der Waals surface area contributed by atoms with Gasteiger partial charge in [0.25, 0.3) is 6.43 Å². The van der Waals surface area contributed by atoms with Crippen molar-refractivity contribution in [3.63, 3.8) is 0 Å². The second-order valence-corrected chi connectivity index (χ2v) is 2.79. The Balaban J connectivity index is 2.72. The van der Waals surface area contributed by atoms with Gasteiger partial charge >= 0.3 is 0 Å². The van der Waals surface area contributed by atoms with Crippen LogP contribution in [0.1, 0.15) is 5.56 Å². The molecule has 1 heterocycles. The van der Waals surface area contributed by atoms with Crippen molar-refractivity contribution in [1.29, 1.82) is 5.26 Å². The van der Waals surface area contributed by atoms with E-state index < -0.39 is 6.43 Å². The van der Waals surface area contributed by atoms with Crippen molar-refractivity contribution in [3.8, 4) is 6.07 Å². The van der Waals surface area contributed by atoms with Crippen LogP contribution in [0, 0.1) is 11.3 Å². The van der Waals surface area contributed by atoms with Crippen LogP contribution >= 0.6 is 0 Å². The van der Waals surface area contributed by atoms with Gasteiger partial charge in [-0.05, 0) is 12.1 Å². The normalized spacial score (nSPS) is 9.93. The first-order chi connectivity index (χ1) is 6.63. The summed E-state index contributed by atoms with van der Waals surface area (Å²) < 4.78 is 24.0. The summed E-state index contributed by atoms with van der Waals surface area (Å²) >= 11 is 0. The van der Waals surface area contributed by atoms with Gasteiger partial charge in [-0.15, -0.1) is 0 Å². The molecule has 0 bridgehead atoms. The summed E-state index contributed by atoms with van der Waals surface area (Å²) in [6.45, 7) is -0.362. The largest absolute Gasteiger partial charge is 0.354 e. The summed E-state index contributed by atoms with van der Waals surface area (Å²) in [7, 11) is 1.53. The smallest absolute Gasteiger partial charge is 0.255 e. The number of halogens is 2. The number of alkyl halides is 2. The molecule has 74 valence electrons. The Kier molecular flexibility index (Phi) is 3.35. The summed E-state index contributed by atoms with van der Waals surface area (Å²) in [4.78, 5) is 5.21. The molecule has 1 rings (SSSR count). The van der Waals surface area contributed by atoms with Crippen molar-refractivity contribution < 1.29 is 8.78 Å². The minimum absolute atomic E-state index is 0.362. The van der Waals surface area contributed by atoms with Crippen LogP contribution in [-0.4, -0.2) is 25.0 Å². The molecule has 0 fully saturated rings. The van der Waals surface area contributed by atoms with E-state index in [1.165, 1.54) is 18.1 Å². The van der Waals surface area contributed by atoms with E-state index in [4.69, 9.17) is 5.26 Å². The summed E-state index contributed by atoms with van der Waals surface area (Å²) in [6.07, 6.45) is -1.03. The zero-order chi connectivity index (χ0) is 10.6. The third-order valence-corrected chi connectivity index (χ3v) is 1.68. The Morgan fingerprint density at radius 1 is 1.57 bits per heavy atom. The van der Waals surface area contributed by atoms with Gasteiger partial charge in [-0.2, -0.15) is 5.26 Å². The average Bonchev–Trinajstić information content (AvgIpc) is 2.17. The Bertz CT molecular complexity index is 329. The van der Waals surface area contributed by atoms with Gasteiger partial charge in [0.2, 0.25) is 0 Å². The maximum atomic E-state index is 12.0. The Labute approximate surface area is 80.6 Å². The van der Waals surface area contributed by atoms with Crippen molar-refractivity contribution >= 4 is 5.82 Å². The molecule has 0 unspecified atom stereocenters. The quantitative estimate of drug-likeness (QED) is 0.739. The van der Waals surface area contributed by atoms with E-state index in [1.54, 1.807) is 12.1 Å². The van der Waals surface area contributed by atoms with Gasteiger partial charge < -0.3 is 4.90 Å². The van der Waals surface area contributed by atoms with Gasteiger partial charge in [0.1, 0.15) is 11.9 Å². The zero-order valence-electron chi connectivity index (χ0n) is 7.61. The third-order valence-electron chi connectivity index (χ3n) is 1.68. The molecular weight excluding hydrogens is 188 g/mol. The molecule has 1 aromatic heterocycles. The van der Waals surface area contributed by atoms with Crippen LogP contribution in [-0.2, 0) is 0 Å². The fraction of sp³-hybridized carbons (Fsp3) is 0.333. The second kappa shape index (κ2) is 4.51. The molecule has 0 aliphatic heterocycles. The van der Waals surface area contributed by atoms with E-state index in [2.05, 4.69) is 4.98 Å². The first kappa shape index (κ1) is 10.4. The van der Waals surface area contributed by atoms with Crippen molar-refractivity contribution in [2.45, 2.75) is 6.43 Å². The van der Waals surface area contributed by atoms with E-state index in [9.17, 15) is 8.78 Å². The van der Waals surface area contributed by atoms with Crippen molar-refractivity contribution in [2.24, 2.45) is 0 Å². The van der Waals surface area contributed by atoms with Gasteiger partial charge in [0.15, 0.2) is 0 Å². The Morgan fingerprint density at radius 3 is 2.71 bits per heavy atom. The van der Waals surface area contributed by atoms with Crippen LogP contribution in [0.25, 0.3) is 0 Å². The average molecular weight is 197 g/mol. The van der Waals surface area contributed by atoms with Crippen molar-refractivity contribution in [2.75, 3.05) is 18.5 Å². The van der Waals surface area contributed by atoms with Gasteiger partial charge in [0.05, 0.1) is 12.1 Å². The summed E-state index contributed by atoms with van der Waals surface area (Å²) in [5.74, 6) is 0.435. The molecule has 0 saturated carbocycles. The van der Waals surface area contributed by atoms with E-state index >= 15 is 0 Å². The van der Waals surface area contributed by atoms with Crippen LogP contribution in [0.4, 0.5) is 14.6 Å². The summed E-state index contributed by atoms with van der Waals surface area (Å²) in [6, 6.07) is 4.99. The predicted octanol–water partition coefficient (Wildman–Crippen LogP) is 1.65. The maximum Gasteiger partial charge on any atom is 0.255 e. The second-order valence-electron chi connectivity index (χ2n) is 2.79. The van der Waals surface area contributed by atoms with E-state index in [0.717, 1.165) is 0 Å². The molecule has 0 saturated heterocycles. The van der Waals surface area contributed by atoms with Crippen LogP contribution in [0.5, 0.6) is 0 Å². The number of hydrogen-bond donors (Lipinski definition) is 0. The molecule has 0 aliphatic carbocycles. The number of aromatic nitrogens is 1. The van der Waals surface area contributed by atoms with E-state index in [-0.39, 0.29) is 6.54 Å². The highest BCUT2D eigenvalue weighted by atomic mass is 19.3. The molecule has 3 nitrogen and oxygen atoms in total. The first-order valence-corrected chi connectivity index (χ1v) is 3.99.